The smallest absolute Gasteiger partial charge is 0.311 e. The molecule has 2 rings (SSSR count). The number of benzene rings is 1. The standard InChI is InChI=1S/C17H18N2O4S/c1-10-5-3-4-6-12(10)9-14(20)23-11(2)16(22)19-17-13(15(18)21)7-8-24-17/h3-8,11H,9H2,1-2H3,(H2,18,21)(H,19,22)/t11-/m1/s1. The summed E-state index contributed by atoms with van der Waals surface area (Å²) in [5, 5.41) is 4.54. The summed E-state index contributed by atoms with van der Waals surface area (Å²) in [5.41, 5.74) is 7.29. The fraction of sp³-hybridized carbons (Fsp3) is 0.235. The number of nitrogens with two attached hydrogens (primary N) is 1. The number of hydrogen-bond acceptors (Lipinski definition) is 5. The van der Waals surface area contributed by atoms with Crippen LogP contribution in [0.3, 0.4) is 0 Å². The van der Waals surface area contributed by atoms with E-state index in [0.29, 0.717) is 5.00 Å². The van der Waals surface area contributed by atoms with Crippen LogP contribution in [0.4, 0.5) is 5.00 Å². The van der Waals surface area contributed by atoms with E-state index in [0.717, 1.165) is 11.1 Å². The van der Waals surface area contributed by atoms with E-state index in [1.165, 1.54) is 24.3 Å². The first-order valence-electron chi connectivity index (χ1n) is 7.30. The van der Waals surface area contributed by atoms with Gasteiger partial charge >= 0.3 is 5.97 Å². The Morgan fingerprint density at radius 3 is 2.62 bits per heavy atom. The van der Waals surface area contributed by atoms with Crippen molar-refractivity contribution in [2.24, 2.45) is 5.73 Å². The number of nitrogens with one attached hydrogen (secondary N) is 1. The van der Waals surface area contributed by atoms with Crippen LogP contribution in [0.15, 0.2) is 35.7 Å². The molecule has 2 aromatic rings. The van der Waals surface area contributed by atoms with Crippen LogP contribution in [0.5, 0.6) is 0 Å². The number of hydrogen-bond donors (Lipinski definition) is 2. The highest BCUT2D eigenvalue weighted by Gasteiger charge is 2.21. The molecular formula is C17H18N2O4S. The molecule has 24 heavy (non-hydrogen) atoms. The Kier molecular flexibility index (Phi) is 5.70. The number of amides is 2. The average Bonchev–Trinajstić information content (AvgIpc) is 2.97. The molecule has 0 saturated heterocycles. The van der Waals surface area contributed by atoms with Crippen molar-refractivity contribution in [1.82, 2.24) is 0 Å². The molecule has 0 saturated carbocycles. The fourth-order valence-corrected chi connectivity index (χ4v) is 2.87. The molecule has 0 spiro atoms. The minimum atomic E-state index is -0.982. The maximum atomic E-state index is 12.1. The predicted molar refractivity (Wildman–Crippen MR) is 91.9 cm³/mol. The van der Waals surface area contributed by atoms with Crippen molar-refractivity contribution in [3.05, 3.63) is 52.4 Å². The summed E-state index contributed by atoms with van der Waals surface area (Å²) in [7, 11) is 0. The molecule has 0 unspecified atom stereocenters. The van der Waals surface area contributed by atoms with Crippen molar-refractivity contribution in [3.8, 4) is 0 Å². The van der Waals surface area contributed by atoms with Crippen LogP contribution in [0, 0.1) is 6.92 Å². The van der Waals surface area contributed by atoms with E-state index < -0.39 is 23.9 Å². The van der Waals surface area contributed by atoms with Gasteiger partial charge in [0, 0.05) is 0 Å². The molecule has 0 aliphatic heterocycles. The lowest BCUT2D eigenvalue weighted by molar-refractivity contribution is -0.152. The van der Waals surface area contributed by atoms with Gasteiger partial charge in [0.2, 0.25) is 0 Å². The third-order valence-corrected chi connectivity index (χ3v) is 4.27. The Labute approximate surface area is 143 Å². The Balaban J connectivity index is 1.94. The van der Waals surface area contributed by atoms with Gasteiger partial charge in [-0.25, -0.2) is 0 Å². The molecular weight excluding hydrogens is 328 g/mol. The molecule has 126 valence electrons. The van der Waals surface area contributed by atoms with E-state index in [-0.39, 0.29) is 12.0 Å². The van der Waals surface area contributed by atoms with Gasteiger partial charge in [0.15, 0.2) is 6.10 Å². The SMILES string of the molecule is Cc1ccccc1CC(=O)O[C@H](C)C(=O)Nc1sccc1C(N)=O. The molecule has 0 bridgehead atoms. The van der Waals surface area contributed by atoms with Gasteiger partial charge in [0.25, 0.3) is 11.8 Å². The fourth-order valence-electron chi connectivity index (χ4n) is 2.07. The van der Waals surface area contributed by atoms with E-state index in [2.05, 4.69) is 5.32 Å². The summed E-state index contributed by atoms with van der Waals surface area (Å²) >= 11 is 1.17. The minimum Gasteiger partial charge on any atom is -0.452 e. The highest BCUT2D eigenvalue weighted by Crippen LogP contribution is 2.23. The lowest BCUT2D eigenvalue weighted by Gasteiger charge is -2.14. The number of rotatable bonds is 6. The summed E-state index contributed by atoms with van der Waals surface area (Å²) in [6.07, 6.45) is -0.889. The zero-order valence-electron chi connectivity index (χ0n) is 13.4. The number of carbonyl (C=O) groups is 3. The van der Waals surface area contributed by atoms with Gasteiger partial charge in [-0.05, 0) is 36.4 Å². The third-order valence-electron chi connectivity index (χ3n) is 3.44. The molecule has 1 aromatic carbocycles. The Hall–Kier alpha value is -2.67. The molecule has 1 atom stereocenters. The van der Waals surface area contributed by atoms with Crippen molar-refractivity contribution in [3.63, 3.8) is 0 Å². The Morgan fingerprint density at radius 2 is 1.96 bits per heavy atom. The van der Waals surface area contributed by atoms with E-state index in [1.807, 2.05) is 31.2 Å². The van der Waals surface area contributed by atoms with Gasteiger partial charge in [-0.15, -0.1) is 11.3 Å². The number of aryl methyl sites for hydroxylation is 1. The first-order chi connectivity index (χ1) is 11.4. The molecule has 0 aliphatic carbocycles. The van der Waals surface area contributed by atoms with E-state index in [4.69, 9.17) is 10.5 Å². The Morgan fingerprint density at radius 1 is 1.25 bits per heavy atom. The molecule has 7 heteroatoms. The minimum absolute atomic E-state index is 0.0931. The van der Waals surface area contributed by atoms with Crippen molar-refractivity contribution < 1.29 is 19.1 Å². The van der Waals surface area contributed by atoms with Gasteiger partial charge in [0.05, 0.1) is 12.0 Å². The van der Waals surface area contributed by atoms with Crippen molar-refractivity contribution >= 4 is 34.1 Å². The van der Waals surface area contributed by atoms with Gasteiger partial charge in [-0.1, -0.05) is 24.3 Å². The molecule has 1 heterocycles. The summed E-state index contributed by atoms with van der Waals surface area (Å²) in [5.74, 6) is -1.64. The second kappa shape index (κ2) is 7.74. The van der Waals surface area contributed by atoms with Crippen LogP contribution in [0.25, 0.3) is 0 Å². The molecule has 1 aromatic heterocycles. The number of esters is 1. The number of anilines is 1. The van der Waals surface area contributed by atoms with Crippen LogP contribution in [0.1, 0.15) is 28.4 Å². The highest BCUT2D eigenvalue weighted by molar-refractivity contribution is 7.14. The summed E-state index contributed by atoms with van der Waals surface area (Å²) in [6.45, 7) is 3.38. The second-order valence-corrected chi connectivity index (χ2v) is 6.17. The van der Waals surface area contributed by atoms with E-state index in [9.17, 15) is 14.4 Å². The third kappa shape index (κ3) is 4.42. The maximum absolute atomic E-state index is 12.1. The van der Waals surface area contributed by atoms with Crippen LogP contribution in [0.2, 0.25) is 0 Å². The predicted octanol–water partition coefficient (Wildman–Crippen LogP) is 2.27. The number of ether oxygens (including phenoxy) is 1. The van der Waals surface area contributed by atoms with Crippen molar-refractivity contribution in [2.75, 3.05) is 5.32 Å². The molecule has 0 aliphatic rings. The van der Waals surface area contributed by atoms with Gasteiger partial charge in [0.1, 0.15) is 5.00 Å². The first-order valence-corrected chi connectivity index (χ1v) is 8.18. The molecule has 3 N–H and O–H groups in total. The van der Waals surface area contributed by atoms with Gasteiger partial charge in [-0.2, -0.15) is 0 Å². The van der Waals surface area contributed by atoms with Crippen molar-refractivity contribution in [2.45, 2.75) is 26.4 Å². The van der Waals surface area contributed by atoms with Crippen molar-refractivity contribution in [1.29, 1.82) is 0 Å². The van der Waals surface area contributed by atoms with E-state index in [1.54, 1.807) is 5.38 Å². The average molecular weight is 346 g/mol. The number of primary amides is 1. The number of carbonyl (C=O) groups excluding carboxylic acids is 3. The molecule has 0 radical (unpaired) electrons. The normalized spacial score (nSPS) is 11.6. The quantitative estimate of drug-likeness (QED) is 0.784. The van der Waals surface area contributed by atoms with Crippen LogP contribution >= 0.6 is 11.3 Å². The lowest BCUT2D eigenvalue weighted by Crippen LogP contribution is -2.31. The second-order valence-electron chi connectivity index (χ2n) is 5.25. The zero-order valence-corrected chi connectivity index (χ0v) is 14.2. The highest BCUT2D eigenvalue weighted by atomic mass is 32.1. The van der Waals surface area contributed by atoms with E-state index >= 15 is 0 Å². The Bertz CT molecular complexity index is 769. The monoisotopic (exact) mass is 346 g/mol. The maximum Gasteiger partial charge on any atom is 0.311 e. The van der Waals surface area contributed by atoms with Gasteiger partial charge in [-0.3, -0.25) is 14.4 Å². The van der Waals surface area contributed by atoms with Crippen LogP contribution < -0.4 is 11.1 Å². The molecule has 2 amide bonds. The van der Waals surface area contributed by atoms with Gasteiger partial charge < -0.3 is 15.8 Å². The molecule has 6 nitrogen and oxygen atoms in total. The zero-order chi connectivity index (χ0) is 17.7. The summed E-state index contributed by atoms with van der Waals surface area (Å²) < 4.78 is 5.16. The van der Waals surface area contributed by atoms with Crippen LogP contribution in [-0.2, 0) is 20.7 Å². The summed E-state index contributed by atoms with van der Waals surface area (Å²) in [6, 6.07) is 9.00. The van der Waals surface area contributed by atoms with Crippen LogP contribution in [-0.4, -0.2) is 23.9 Å². The first kappa shape index (κ1) is 17.7. The topological polar surface area (TPSA) is 98.5 Å². The lowest BCUT2D eigenvalue weighted by atomic mass is 10.1. The number of thiophene rings is 1. The molecule has 0 fully saturated rings. The summed E-state index contributed by atoms with van der Waals surface area (Å²) in [4.78, 5) is 35.3. The largest absolute Gasteiger partial charge is 0.452 e.